The zero-order valence-corrected chi connectivity index (χ0v) is 14.4. The van der Waals surface area contributed by atoms with Gasteiger partial charge in [-0.05, 0) is 46.1 Å². The van der Waals surface area contributed by atoms with E-state index >= 15 is 0 Å². The zero-order chi connectivity index (χ0) is 17.4. The van der Waals surface area contributed by atoms with Crippen molar-refractivity contribution in [1.29, 1.82) is 0 Å². The van der Waals surface area contributed by atoms with E-state index in [1.807, 2.05) is 6.07 Å². The van der Waals surface area contributed by atoms with E-state index < -0.39 is 6.03 Å². The molecule has 7 heteroatoms. The molecular weight excluding hydrogens is 377 g/mol. The first-order chi connectivity index (χ1) is 11.6. The largest absolute Gasteiger partial charge is 0.338 e. The Hall–Kier alpha value is -2.41. The lowest BCUT2D eigenvalue weighted by atomic mass is 10.1. The van der Waals surface area contributed by atoms with Gasteiger partial charge in [-0.1, -0.05) is 30.3 Å². The molecule has 2 aromatic rings. The second-order valence-corrected chi connectivity index (χ2v) is 5.83. The number of halogens is 2. The molecule has 3 amide bonds. The van der Waals surface area contributed by atoms with E-state index in [-0.39, 0.29) is 24.8 Å². The van der Waals surface area contributed by atoms with Gasteiger partial charge in [0.1, 0.15) is 5.82 Å². The summed E-state index contributed by atoms with van der Waals surface area (Å²) in [5.74, 6) is -0.640. The highest BCUT2D eigenvalue weighted by atomic mass is 79.9. The van der Waals surface area contributed by atoms with E-state index in [9.17, 15) is 14.0 Å². The summed E-state index contributed by atoms with van der Waals surface area (Å²) >= 11 is 3.32. The van der Waals surface area contributed by atoms with Crippen LogP contribution in [-0.4, -0.2) is 25.0 Å². The number of urea groups is 1. The number of rotatable bonds is 6. The van der Waals surface area contributed by atoms with Gasteiger partial charge >= 0.3 is 6.03 Å². The number of carbonyl (C=O) groups excluding carboxylic acids is 2. The molecule has 0 bridgehead atoms. The van der Waals surface area contributed by atoms with Crippen molar-refractivity contribution >= 4 is 33.6 Å². The number of carbonyl (C=O) groups is 2. The van der Waals surface area contributed by atoms with Crippen LogP contribution in [0.1, 0.15) is 5.56 Å². The molecule has 2 aromatic carbocycles. The fraction of sp³-hybridized carbons (Fsp3) is 0.176. The zero-order valence-electron chi connectivity index (χ0n) is 12.8. The standard InChI is InChI=1S/C17H17BrFN3O2/c18-13-6-2-4-8-15(13)22-16(23)11-21-17(24)20-10-9-12-5-1-3-7-14(12)19/h1-8H,9-11H2,(H,22,23)(H2,20,21,24). The third-order valence-electron chi connectivity index (χ3n) is 3.20. The highest BCUT2D eigenvalue weighted by Crippen LogP contribution is 2.20. The molecule has 0 spiro atoms. The van der Waals surface area contributed by atoms with Gasteiger partial charge in [-0.15, -0.1) is 0 Å². The Kier molecular flexibility index (Phi) is 6.74. The highest BCUT2D eigenvalue weighted by Gasteiger charge is 2.07. The number of hydrogen-bond acceptors (Lipinski definition) is 2. The summed E-state index contributed by atoms with van der Waals surface area (Å²) in [4.78, 5) is 23.4. The number of benzene rings is 2. The fourth-order valence-corrected chi connectivity index (χ4v) is 2.38. The molecule has 5 nitrogen and oxygen atoms in total. The highest BCUT2D eigenvalue weighted by molar-refractivity contribution is 9.10. The molecule has 0 fully saturated rings. The van der Waals surface area contributed by atoms with E-state index in [1.54, 1.807) is 36.4 Å². The van der Waals surface area contributed by atoms with Crippen molar-refractivity contribution in [3.63, 3.8) is 0 Å². The van der Waals surface area contributed by atoms with Gasteiger partial charge in [-0.2, -0.15) is 0 Å². The molecule has 0 saturated heterocycles. The first kappa shape index (κ1) is 17.9. The molecule has 0 aliphatic rings. The van der Waals surface area contributed by atoms with Gasteiger partial charge in [-0.3, -0.25) is 4.79 Å². The van der Waals surface area contributed by atoms with Crippen molar-refractivity contribution in [2.75, 3.05) is 18.4 Å². The van der Waals surface area contributed by atoms with Crippen LogP contribution in [0.5, 0.6) is 0 Å². The van der Waals surface area contributed by atoms with E-state index in [0.29, 0.717) is 17.7 Å². The van der Waals surface area contributed by atoms with Crippen molar-refractivity contribution in [3.8, 4) is 0 Å². The molecule has 0 saturated carbocycles. The van der Waals surface area contributed by atoms with Crippen LogP contribution in [0.3, 0.4) is 0 Å². The van der Waals surface area contributed by atoms with Crippen LogP contribution < -0.4 is 16.0 Å². The first-order valence-corrected chi connectivity index (χ1v) is 8.15. The molecule has 2 rings (SSSR count). The Bertz CT molecular complexity index is 724. The molecule has 0 unspecified atom stereocenters. The lowest BCUT2D eigenvalue weighted by Crippen LogP contribution is -2.40. The van der Waals surface area contributed by atoms with Crippen molar-refractivity contribution in [1.82, 2.24) is 10.6 Å². The summed E-state index contributed by atoms with van der Waals surface area (Å²) in [6.07, 6.45) is 0.378. The second-order valence-electron chi connectivity index (χ2n) is 4.98. The molecule has 24 heavy (non-hydrogen) atoms. The van der Waals surface area contributed by atoms with E-state index in [2.05, 4.69) is 31.9 Å². The van der Waals surface area contributed by atoms with Crippen molar-refractivity contribution < 1.29 is 14.0 Å². The maximum atomic E-state index is 13.4. The molecule has 0 aliphatic carbocycles. The number of nitrogens with one attached hydrogen (secondary N) is 3. The summed E-state index contributed by atoms with van der Waals surface area (Å²) in [7, 11) is 0. The van der Waals surface area contributed by atoms with Gasteiger partial charge in [0, 0.05) is 11.0 Å². The van der Waals surface area contributed by atoms with Crippen LogP contribution in [0, 0.1) is 5.82 Å². The summed E-state index contributed by atoms with van der Waals surface area (Å²) < 4.78 is 14.2. The maximum absolute atomic E-state index is 13.4. The lowest BCUT2D eigenvalue weighted by molar-refractivity contribution is -0.115. The Labute approximate surface area is 147 Å². The third-order valence-corrected chi connectivity index (χ3v) is 3.89. The van der Waals surface area contributed by atoms with Gasteiger partial charge in [0.15, 0.2) is 0 Å². The Balaban J connectivity index is 1.68. The van der Waals surface area contributed by atoms with Gasteiger partial charge in [-0.25, -0.2) is 9.18 Å². The summed E-state index contributed by atoms with van der Waals surface area (Å²) in [6.45, 7) is 0.117. The topological polar surface area (TPSA) is 70.2 Å². The van der Waals surface area contributed by atoms with Gasteiger partial charge in [0.05, 0.1) is 12.2 Å². The molecule has 0 heterocycles. The first-order valence-electron chi connectivity index (χ1n) is 7.36. The van der Waals surface area contributed by atoms with Crippen LogP contribution in [0.25, 0.3) is 0 Å². The Morgan fingerprint density at radius 2 is 1.71 bits per heavy atom. The Morgan fingerprint density at radius 1 is 1.00 bits per heavy atom. The van der Waals surface area contributed by atoms with Gasteiger partial charge < -0.3 is 16.0 Å². The molecular formula is C17H17BrFN3O2. The van der Waals surface area contributed by atoms with Crippen LogP contribution in [-0.2, 0) is 11.2 Å². The molecule has 3 N–H and O–H groups in total. The summed E-state index contributed by atoms with van der Waals surface area (Å²) in [5, 5.41) is 7.71. The summed E-state index contributed by atoms with van der Waals surface area (Å²) in [6, 6.07) is 13.1. The van der Waals surface area contributed by atoms with Crippen molar-refractivity contribution in [3.05, 3.63) is 64.4 Å². The maximum Gasteiger partial charge on any atom is 0.315 e. The van der Waals surface area contributed by atoms with E-state index in [4.69, 9.17) is 0 Å². The lowest BCUT2D eigenvalue weighted by Gasteiger charge is -2.09. The predicted octanol–water partition coefficient (Wildman–Crippen LogP) is 3.07. The second kappa shape index (κ2) is 9.02. The Morgan fingerprint density at radius 3 is 2.46 bits per heavy atom. The summed E-state index contributed by atoms with van der Waals surface area (Å²) in [5.41, 5.74) is 1.16. The van der Waals surface area contributed by atoms with Crippen LogP contribution in [0.4, 0.5) is 14.9 Å². The minimum Gasteiger partial charge on any atom is -0.338 e. The van der Waals surface area contributed by atoms with Crippen LogP contribution >= 0.6 is 15.9 Å². The molecule has 0 radical (unpaired) electrons. The predicted molar refractivity (Wildman–Crippen MR) is 94.3 cm³/mol. The van der Waals surface area contributed by atoms with Crippen LogP contribution in [0.15, 0.2) is 53.0 Å². The number of amides is 3. The minimum atomic E-state index is -0.478. The normalized spacial score (nSPS) is 10.1. The molecule has 126 valence electrons. The molecule has 0 atom stereocenters. The average Bonchev–Trinajstić information content (AvgIpc) is 2.57. The van der Waals surface area contributed by atoms with Gasteiger partial charge in [0.25, 0.3) is 0 Å². The monoisotopic (exact) mass is 393 g/mol. The van der Waals surface area contributed by atoms with E-state index in [1.165, 1.54) is 6.07 Å². The average molecular weight is 394 g/mol. The number of hydrogen-bond donors (Lipinski definition) is 3. The molecule has 0 aliphatic heterocycles. The van der Waals surface area contributed by atoms with Crippen LogP contribution in [0.2, 0.25) is 0 Å². The number of anilines is 1. The fourth-order valence-electron chi connectivity index (χ4n) is 1.99. The minimum absolute atomic E-state index is 0.160. The van der Waals surface area contributed by atoms with Crippen molar-refractivity contribution in [2.24, 2.45) is 0 Å². The van der Waals surface area contributed by atoms with Crippen molar-refractivity contribution in [2.45, 2.75) is 6.42 Å². The quantitative estimate of drug-likeness (QED) is 0.705. The SMILES string of the molecule is O=C(CNC(=O)NCCc1ccccc1F)Nc1ccccc1Br. The van der Waals surface area contributed by atoms with Gasteiger partial charge in [0.2, 0.25) is 5.91 Å². The molecule has 0 aromatic heterocycles. The third kappa shape index (κ3) is 5.66. The van der Waals surface area contributed by atoms with E-state index in [0.717, 1.165) is 4.47 Å². The number of para-hydroxylation sites is 1. The smallest absolute Gasteiger partial charge is 0.315 e.